The Morgan fingerprint density at radius 1 is 1.20 bits per heavy atom. The fourth-order valence-electron chi connectivity index (χ4n) is 5.14. The molecule has 2 saturated heterocycles. The summed E-state index contributed by atoms with van der Waals surface area (Å²) >= 11 is 0. The summed E-state index contributed by atoms with van der Waals surface area (Å²) < 4.78 is 75.8. The molecule has 4 rings (SSSR count). The van der Waals surface area contributed by atoms with E-state index in [0.29, 0.717) is 39.0 Å². The van der Waals surface area contributed by atoms with Gasteiger partial charge in [0.1, 0.15) is 0 Å². The van der Waals surface area contributed by atoms with Gasteiger partial charge in [-0.05, 0) is 44.4 Å². The van der Waals surface area contributed by atoms with Crippen LogP contribution >= 0.6 is 12.4 Å². The van der Waals surface area contributed by atoms with Crippen LogP contribution in [0.3, 0.4) is 0 Å². The lowest BCUT2D eigenvalue weighted by Crippen LogP contribution is -2.45. The average Bonchev–Trinajstić information content (AvgIpc) is 3.32. The molecular weight excluding hydrogens is 563 g/mol. The molecule has 8 nitrogen and oxygen atoms in total. The van der Waals surface area contributed by atoms with Crippen LogP contribution in [0.4, 0.5) is 22.0 Å². The van der Waals surface area contributed by atoms with Gasteiger partial charge in [-0.1, -0.05) is 18.2 Å². The number of hydrogen-bond acceptors (Lipinski definition) is 5. The van der Waals surface area contributed by atoms with Crippen LogP contribution in [0, 0.1) is 0 Å². The highest BCUT2D eigenvalue weighted by molar-refractivity contribution is 5.94. The van der Waals surface area contributed by atoms with Gasteiger partial charge in [0.2, 0.25) is 0 Å². The zero-order chi connectivity index (χ0) is 28.2. The van der Waals surface area contributed by atoms with Crippen LogP contribution in [-0.2, 0) is 15.7 Å². The number of carbonyl (C=O) groups is 2. The predicted octanol–water partition coefficient (Wildman–Crippen LogP) is 5.04. The molecule has 14 heteroatoms. The number of benzene rings is 1. The first-order valence-corrected chi connectivity index (χ1v) is 12.9. The van der Waals surface area contributed by atoms with Crippen molar-refractivity contribution in [3.8, 4) is 11.3 Å². The van der Waals surface area contributed by atoms with Gasteiger partial charge in [0.15, 0.2) is 5.69 Å². The lowest BCUT2D eigenvalue weighted by atomic mass is 10.0. The fraction of sp³-hybridized carbons (Fsp3) is 0.577. The third-order valence-electron chi connectivity index (χ3n) is 7.04. The number of carboxylic acid groups (broad SMARTS) is 1. The van der Waals surface area contributed by atoms with Crippen LogP contribution in [0.1, 0.15) is 60.6 Å². The van der Waals surface area contributed by atoms with E-state index in [0.717, 1.165) is 6.07 Å². The van der Waals surface area contributed by atoms with Crippen LogP contribution in [0.2, 0.25) is 0 Å². The summed E-state index contributed by atoms with van der Waals surface area (Å²) in [7, 11) is 0. The molecular formula is C26H32ClF5N4O4. The van der Waals surface area contributed by atoms with E-state index < -0.39 is 48.5 Å². The Labute approximate surface area is 234 Å². The molecule has 2 aliphatic heterocycles. The van der Waals surface area contributed by atoms with Crippen molar-refractivity contribution in [3.05, 3.63) is 41.6 Å². The van der Waals surface area contributed by atoms with E-state index in [1.165, 1.54) is 33.8 Å². The first-order valence-electron chi connectivity index (χ1n) is 12.9. The fourth-order valence-corrected chi connectivity index (χ4v) is 5.14. The van der Waals surface area contributed by atoms with Gasteiger partial charge in [-0.2, -0.15) is 18.3 Å². The Morgan fingerprint density at radius 2 is 1.90 bits per heavy atom. The molecule has 2 fully saturated rings. The highest BCUT2D eigenvalue weighted by Crippen LogP contribution is 2.38. The van der Waals surface area contributed by atoms with Gasteiger partial charge in [-0.15, -0.1) is 12.4 Å². The molecule has 0 bridgehead atoms. The molecule has 2 aliphatic rings. The smallest absolute Gasteiger partial charge is 0.417 e. The van der Waals surface area contributed by atoms with Crippen molar-refractivity contribution in [1.82, 2.24) is 20.0 Å². The van der Waals surface area contributed by atoms with Crippen molar-refractivity contribution >= 4 is 24.3 Å². The quantitative estimate of drug-likeness (QED) is 0.395. The Kier molecular flexibility index (Phi) is 10.5. The summed E-state index contributed by atoms with van der Waals surface area (Å²) in [5.41, 5.74) is -1.04. The Bertz CT molecular complexity index is 1170. The highest BCUT2D eigenvalue weighted by Gasteiger charge is 2.36. The van der Waals surface area contributed by atoms with Crippen molar-refractivity contribution in [1.29, 1.82) is 0 Å². The van der Waals surface area contributed by atoms with Crippen LogP contribution in [0.25, 0.3) is 11.3 Å². The highest BCUT2D eigenvalue weighted by atomic mass is 35.5. The van der Waals surface area contributed by atoms with Crippen molar-refractivity contribution in [3.63, 3.8) is 0 Å². The molecule has 1 atom stereocenters. The Balaban J connectivity index is 0.00000441. The average molecular weight is 595 g/mol. The molecule has 40 heavy (non-hydrogen) atoms. The maximum Gasteiger partial charge on any atom is 0.417 e. The van der Waals surface area contributed by atoms with E-state index in [1.807, 2.05) is 0 Å². The van der Waals surface area contributed by atoms with Crippen LogP contribution in [0.15, 0.2) is 30.3 Å². The third-order valence-corrected chi connectivity index (χ3v) is 7.04. The predicted molar refractivity (Wildman–Crippen MR) is 138 cm³/mol. The maximum absolute atomic E-state index is 13.8. The first-order chi connectivity index (χ1) is 18.4. The van der Waals surface area contributed by atoms with Crippen molar-refractivity contribution in [2.75, 3.05) is 32.8 Å². The number of likely N-dealkylation sites (tertiary alicyclic amines) is 1. The summed E-state index contributed by atoms with van der Waals surface area (Å²) in [5.74, 6) is -4.75. The molecule has 2 N–H and O–H groups in total. The maximum atomic E-state index is 13.8. The summed E-state index contributed by atoms with van der Waals surface area (Å²) in [5, 5.41) is 16.3. The number of carbonyl (C=O) groups excluding carboxylic acids is 1. The van der Waals surface area contributed by atoms with E-state index in [2.05, 4.69) is 10.4 Å². The molecule has 0 aliphatic carbocycles. The lowest BCUT2D eigenvalue weighted by Gasteiger charge is -2.33. The van der Waals surface area contributed by atoms with Gasteiger partial charge >= 0.3 is 12.1 Å². The number of piperidine rings is 1. The van der Waals surface area contributed by atoms with Gasteiger partial charge < -0.3 is 15.2 Å². The Morgan fingerprint density at radius 3 is 2.55 bits per heavy atom. The lowest BCUT2D eigenvalue weighted by molar-refractivity contribution is -0.138. The number of halogens is 6. The van der Waals surface area contributed by atoms with Crippen LogP contribution in [-0.4, -0.2) is 76.5 Å². The van der Waals surface area contributed by atoms with Crippen molar-refractivity contribution in [2.24, 2.45) is 0 Å². The molecule has 1 aromatic heterocycles. The summed E-state index contributed by atoms with van der Waals surface area (Å²) in [6, 6.07) is 5.13. The van der Waals surface area contributed by atoms with Gasteiger partial charge in [0.05, 0.1) is 30.3 Å². The Hall–Kier alpha value is -2.77. The van der Waals surface area contributed by atoms with E-state index in [-0.39, 0.29) is 54.8 Å². The summed E-state index contributed by atoms with van der Waals surface area (Å²) in [6.07, 6.45) is -3.87. The summed E-state index contributed by atoms with van der Waals surface area (Å²) in [4.78, 5) is 26.2. The largest absolute Gasteiger partial charge is 0.481 e. The van der Waals surface area contributed by atoms with Crippen molar-refractivity contribution < 1.29 is 41.4 Å². The molecule has 2 aromatic rings. The van der Waals surface area contributed by atoms with Crippen LogP contribution in [0.5, 0.6) is 0 Å². The number of carboxylic acids is 1. The SMILES string of the molecule is Cl.O=C(O)C[C@H](CCN1CCCC(F)(F)C1)NC(=O)c1cc(-c2ccccc2C(F)(F)F)n(C2CCOCC2)n1. The van der Waals surface area contributed by atoms with Gasteiger partial charge in [-0.25, -0.2) is 8.78 Å². The third kappa shape index (κ3) is 8.14. The molecule has 1 amide bonds. The number of nitrogens with zero attached hydrogens (tertiary/aromatic N) is 3. The molecule has 222 valence electrons. The zero-order valence-electron chi connectivity index (χ0n) is 21.6. The number of aromatic nitrogens is 2. The molecule has 0 unspecified atom stereocenters. The molecule has 3 heterocycles. The molecule has 0 saturated carbocycles. The zero-order valence-corrected chi connectivity index (χ0v) is 22.4. The number of rotatable bonds is 9. The normalized spacial score (nSPS) is 19.0. The van der Waals surface area contributed by atoms with Gasteiger partial charge in [0.25, 0.3) is 11.8 Å². The number of amides is 1. The number of ether oxygens (including phenoxy) is 1. The van der Waals surface area contributed by atoms with Gasteiger partial charge in [0, 0.05) is 37.8 Å². The van der Waals surface area contributed by atoms with E-state index >= 15 is 0 Å². The second kappa shape index (κ2) is 13.3. The number of nitrogens with one attached hydrogen (secondary N) is 1. The van der Waals surface area contributed by atoms with E-state index in [9.17, 15) is 36.6 Å². The molecule has 1 aromatic carbocycles. The second-order valence-electron chi connectivity index (χ2n) is 10.0. The van der Waals surface area contributed by atoms with E-state index in [1.54, 1.807) is 0 Å². The number of aliphatic carboxylic acids is 1. The summed E-state index contributed by atoms with van der Waals surface area (Å²) in [6.45, 7) is 0.957. The second-order valence-corrected chi connectivity index (χ2v) is 10.0. The first kappa shape index (κ1) is 31.8. The van der Waals surface area contributed by atoms with Crippen molar-refractivity contribution in [2.45, 2.75) is 62.7 Å². The number of alkyl halides is 5. The van der Waals surface area contributed by atoms with Gasteiger partial charge in [-0.3, -0.25) is 19.2 Å². The standard InChI is InChI=1S/C26H31F5N4O4.ClH/c27-25(28)9-3-10-34(16-25)11-6-17(14-23(36)37)32-24(38)21-15-22(35(33-21)18-7-12-39-13-8-18)19-4-1-2-5-20(19)26(29,30)31;/h1-2,4-5,15,17-18H,3,6-14,16H2,(H,32,38)(H,36,37);1H/t17-;/m0./s1. The monoisotopic (exact) mass is 594 g/mol. The number of hydrogen-bond donors (Lipinski definition) is 2. The minimum atomic E-state index is -4.64. The molecule has 0 spiro atoms. The van der Waals surface area contributed by atoms with Crippen LogP contribution < -0.4 is 5.32 Å². The minimum absolute atomic E-state index is 0. The molecule has 0 radical (unpaired) electrons. The minimum Gasteiger partial charge on any atom is -0.481 e. The van der Waals surface area contributed by atoms with E-state index in [4.69, 9.17) is 4.74 Å². The topological polar surface area (TPSA) is 96.7 Å².